The number of piperazine rings is 1. The van der Waals surface area contributed by atoms with Gasteiger partial charge in [0.2, 0.25) is 29.5 Å². The van der Waals surface area contributed by atoms with Crippen molar-refractivity contribution < 1.29 is 29.1 Å². The van der Waals surface area contributed by atoms with E-state index in [0.717, 1.165) is 25.7 Å². The molecule has 2 saturated heterocycles. The van der Waals surface area contributed by atoms with Crippen LogP contribution in [0.3, 0.4) is 0 Å². The number of aromatic hydroxyl groups is 1. The van der Waals surface area contributed by atoms with E-state index in [1.54, 1.807) is 17.0 Å². The van der Waals surface area contributed by atoms with Gasteiger partial charge in [-0.25, -0.2) is 0 Å². The number of rotatable bonds is 15. The topological polar surface area (TPSA) is 157 Å². The van der Waals surface area contributed by atoms with E-state index >= 15 is 0 Å². The first-order valence-electron chi connectivity index (χ1n) is 14.0. The van der Waals surface area contributed by atoms with Gasteiger partial charge in [0.1, 0.15) is 17.8 Å². The van der Waals surface area contributed by atoms with Gasteiger partial charge in [-0.1, -0.05) is 25.0 Å². The van der Waals surface area contributed by atoms with Crippen LogP contribution in [0.15, 0.2) is 24.3 Å². The molecule has 0 spiro atoms. The fraction of sp³-hybridized carbons (Fsp3) is 0.607. The Morgan fingerprint density at radius 2 is 1.57 bits per heavy atom. The zero-order chi connectivity index (χ0) is 29.1. The summed E-state index contributed by atoms with van der Waals surface area (Å²) in [5, 5.41) is 21.1. The number of fused-ring (bicyclic) bond motifs is 1. The minimum atomic E-state index is -0.745. The van der Waals surface area contributed by atoms with Gasteiger partial charge in [0.15, 0.2) is 0 Å². The molecule has 0 aromatic heterocycles. The summed E-state index contributed by atoms with van der Waals surface area (Å²) in [7, 11) is 0. The van der Waals surface area contributed by atoms with Gasteiger partial charge in [-0.2, -0.15) is 12.6 Å². The summed E-state index contributed by atoms with van der Waals surface area (Å²) in [6.07, 6.45) is 5.41. The lowest BCUT2D eigenvalue weighted by Crippen LogP contribution is -2.61. The molecule has 2 fully saturated rings. The van der Waals surface area contributed by atoms with Crippen molar-refractivity contribution in [1.82, 2.24) is 26.2 Å². The fourth-order valence-electron chi connectivity index (χ4n) is 5.38. The van der Waals surface area contributed by atoms with E-state index in [2.05, 4.69) is 33.9 Å². The first-order chi connectivity index (χ1) is 19.2. The maximum absolute atomic E-state index is 13.6. The number of phenolic OH excluding ortho intramolecular Hbond substituents is 1. The van der Waals surface area contributed by atoms with Crippen molar-refractivity contribution in [2.45, 2.75) is 76.4 Å². The lowest BCUT2D eigenvalue weighted by molar-refractivity contribution is -0.149. The van der Waals surface area contributed by atoms with Crippen molar-refractivity contribution in [3.63, 3.8) is 0 Å². The van der Waals surface area contributed by atoms with Crippen LogP contribution >= 0.6 is 12.6 Å². The highest BCUT2D eigenvalue weighted by Gasteiger charge is 2.54. The molecule has 2 heterocycles. The zero-order valence-corrected chi connectivity index (χ0v) is 23.9. The maximum atomic E-state index is 13.6. The molecule has 1 aromatic carbocycles. The average Bonchev–Trinajstić information content (AvgIpc) is 3.34. The predicted octanol–water partition coefficient (Wildman–Crippen LogP) is 1.18. The standard InChI is InChI=1S/C28H41N5O6S/c1-18(34)29-13-7-4-8-22-28(39)33-23(27(38)32-22)16-21(25(33)19-9-11-20(35)12-10-19)26(37)31-15-6-3-2-5-14-30-24(36)17-40/h9-12,21-23,25,35,40H,2-8,13-17H2,1H3,(H,29,34)(H,30,36)(H,31,37)(H,32,38)/t21-,22-,23-,25-/m0/s1. The van der Waals surface area contributed by atoms with Gasteiger partial charge < -0.3 is 31.3 Å². The summed E-state index contributed by atoms with van der Waals surface area (Å²) in [6, 6.07) is 4.36. The minimum absolute atomic E-state index is 0.0734. The summed E-state index contributed by atoms with van der Waals surface area (Å²) < 4.78 is 0. The van der Waals surface area contributed by atoms with Crippen molar-refractivity contribution in [1.29, 1.82) is 0 Å². The van der Waals surface area contributed by atoms with E-state index in [4.69, 9.17) is 0 Å². The Morgan fingerprint density at radius 3 is 2.23 bits per heavy atom. The highest BCUT2D eigenvalue weighted by atomic mass is 32.1. The summed E-state index contributed by atoms with van der Waals surface area (Å²) >= 11 is 3.93. The monoisotopic (exact) mass is 575 g/mol. The predicted molar refractivity (Wildman–Crippen MR) is 152 cm³/mol. The second-order valence-electron chi connectivity index (χ2n) is 10.4. The molecule has 0 bridgehead atoms. The van der Waals surface area contributed by atoms with E-state index in [1.165, 1.54) is 19.1 Å². The summed E-state index contributed by atoms with van der Waals surface area (Å²) in [4.78, 5) is 63.9. The van der Waals surface area contributed by atoms with Crippen molar-refractivity contribution in [3.8, 4) is 5.75 Å². The molecule has 220 valence electrons. The molecule has 12 heteroatoms. The number of carbonyl (C=O) groups is 5. The molecule has 3 rings (SSSR count). The van der Waals surface area contributed by atoms with Crippen LogP contribution in [0.5, 0.6) is 5.75 Å². The number of benzene rings is 1. The molecule has 0 aliphatic carbocycles. The number of carbonyl (C=O) groups excluding carboxylic acids is 5. The molecule has 0 radical (unpaired) electrons. The minimum Gasteiger partial charge on any atom is -0.508 e. The van der Waals surface area contributed by atoms with Gasteiger partial charge in [-0.3, -0.25) is 24.0 Å². The molecule has 5 N–H and O–H groups in total. The molecule has 0 unspecified atom stereocenters. The Labute approximate surface area is 240 Å². The fourth-order valence-corrected chi connectivity index (χ4v) is 5.49. The molecule has 1 aromatic rings. The van der Waals surface area contributed by atoms with Gasteiger partial charge >= 0.3 is 0 Å². The number of phenols is 1. The first-order valence-corrected chi connectivity index (χ1v) is 14.7. The van der Waals surface area contributed by atoms with Gasteiger partial charge in [-0.05, 0) is 56.2 Å². The quantitative estimate of drug-likeness (QED) is 0.136. The maximum Gasteiger partial charge on any atom is 0.246 e. The van der Waals surface area contributed by atoms with Crippen molar-refractivity contribution >= 4 is 42.2 Å². The molecule has 40 heavy (non-hydrogen) atoms. The van der Waals surface area contributed by atoms with E-state index in [9.17, 15) is 29.1 Å². The largest absolute Gasteiger partial charge is 0.508 e. The zero-order valence-electron chi connectivity index (χ0n) is 23.0. The Bertz CT molecular complexity index is 1050. The van der Waals surface area contributed by atoms with Crippen LogP contribution in [0.25, 0.3) is 0 Å². The number of hydrogen-bond acceptors (Lipinski definition) is 7. The molecular weight excluding hydrogens is 534 g/mol. The van der Waals surface area contributed by atoms with E-state index in [1.807, 2.05) is 0 Å². The van der Waals surface area contributed by atoms with E-state index in [0.29, 0.717) is 44.5 Å². The third-order valence-electron chi connectivity index (χ3n) is 7.40. The SMILES string of the molecule is CC(=O)NCCCC[C@@H]1NC(=O)[C@@H]2C[C@H](C(=O)NCCCCCCNC(=O)CS)[C@H](c3ccc(O)cc3)N2C1=O. The normalized spacial score (nSPS) is 21.9. The summed E-state index contributed by atoms with van der Waals surface area (Å²) in [5.74, 6) is -1.27. The second kappa shape index (κ2) is 15.5. The van der Waals surface area contributed by atoms with Crippen molar-refractivity contribution in [2.75, 3.05) is 25.4 Å². The first kappa shape index (κ1) is 31.3. The molecular formula is C28H41N5O6S. The van der Waals surface area contributed by atoms with Gasteiger partial charge in [0.25, 0.3) is 0 Å². The Kier molecular flexibility index (Phi) is 12.1. The van der Waals surface area contributed by atoms with E-state index < -0.39 is 24.0 Å². The molecule has 11 nitrogen and oxygen atoms in total. The Hall–Kier alpha value is -3.28. The molecule has 0 saturated carbocycles. The average molecular weight is 576 g/mol. The lowest BCUT2D eigenvalue weighted by Gasteiger charge is -2.38. The smallest absolute Gasteiger partial charge is 0.246 e. The third-order valence-corrected chi connectivity index (χ3v) is 7.69. The summed E-state index contributed by atoms with van der Waals surface area (Å²) in [5.41, 5.74) is 0.691. The van der Waals surface area contributed by atoms with Crippen LogP contribution in [0, 0.1) is 5.92 Å². The second-order valence-corrected chi connectivity index (χ2v) is 10.7. The van der Waals surface area contributed by atoms with Crippen LogP contribution in [0.1, 0.15) is 69.9 Å². The molecule has 2 aliphatic rings. The number of unbranched alkanes of at least 4 members (excludes halogenated alkanes) is 4. The van der Waals surface area contributed by atoms with Crippen LogP contribution in [-0.4, -0.2) is 77.0 Å². The number of thiol groups is 1. The van der Waals surface area contributed by atoms with Gasteiger partial charge in [0.05, 0.1) is 17.7 Å². The molecule has 4 atom stereocenters. The van der Waals surface area contributed by atoms with Gasteiger partial charge in [-0.15, -0.1) is 0 Å². The van der Waals surface area contributed by atoms with E-state index in [-0.39, 0.29) is 47.5 Å². The molecule has 2 aliphatic heterocycles. The number of nitrogens with zero attached hydrogens (tertiary/aromatic N) is 1. The van der Waals surface area contributed by atoms with Gasteiger partial charge in [0, 0.05) is 26.6 Å². The van der Waals surface area contributed by atoms with Crippen molar-refractivity contribution in [2.24, 2.45) is 5.92 Å². The lowest BCUT2D eigenvalue weighted by atomic mass is 9.92. The molecule has 5 amide bonds. The number of amides is 5. The Balaban J connectivity index is 1.61. The van der Waals surface area contributed by atoms with Crippen LogP contribution in [0.4, 0.5) is 0 Å². The summed E-state index contributed by atoms with van der Waals surface area (Å²) in [6.45, 7) is 3.03. The van der Waals surface area contributed by atoms with Crippen molar-refractivity contribution in [3.05, 3.63) is 29.8 Å². The Morgan fingerprint density at radius 1 is 0.950 bits per heavy atom. The van der Waals surface area contributed by atoms with Crippen LogP contribution in [-0.2, 0) is 24.0 Å². The van der Waals surface area contributed by atoms with Crippen LogP contribution < -0.4 is 21.3 Å². The number of nitrogens with one attached hydrogen (secondary N) is 4. The third kappa shape index (κ3) is 8.61. The number of hydrogen-bond donors (Lipinski definition) is 6. The highest BCUT2D eigenvalue weighted by Crippen LogP contribution is 2.43. The highest BCUT2D eigenvalue weighted by molar-refractivity contribution is 7.81. The van der Waals surface area contributed by atoms with Crippen LogP contribution in [0.2, 0.25) is 0 Å².